The van der Waals surface area contributed by atoms with Crippen molar-refractivity contribution in [2.75, 3.05) is 20.3 Å². The Balaban J connectivity index is 1.86. The number of aliphatic hydroxyl groups is 6. The maximum atomic E-state index is 12.0. The van der Waals surface area contributed by atoms with Crippen molar-refractivity contribution in [1.82, 2.24) is 0 Å². The Morgan fingerprint density at radius 1 is 1.21 bits per heavy atom. The van der Waals surface area contributed by atoms with Crippen molar-refractivity contribution < 1.29 is 54.4 Å². The van der Waals surface area contributed by atoms with Crippen LogP contribution >= 0.6 is 0 Å². The van der Waals surface area contributed by atoms with Crippen molar-refractivity contribution in [3.63, 3.8) is 0 Å². The summed E-state index contributed by atoms with van der Waals surface area (Å²) in [7, 11) is 1.15. The summed E-state index contributed by atoms with van der Waals surface area (Å²) in [5.74, 6) is -1.84. The quantitative estimate of drug-likeness (QED) is 0.202. The summed E-state index contributed by atoms with van der Waals surface area (Å²) in [5.41, 5.74) is -1.60. The smallest absolute Gasteiger partial charge is 0.339 e. The van der Waals surface area contributed by atoms with Crippen molar-refractivity contribution >= 4 is 5.97 Å². The first-order valence-electron chi connectivity index (χ1n) is 8.71. The molecule has 8 atom stereocenters. The van der Waals surface area contributed by atoms with Gasteiger partial charge < -0.3 is 49.6 Å². The van der Waals surface area contributed by atoms with Crippen molar-refractivity contribution in [2.24, 2.45) is 5.92 Å². The van der Waals surface area contributed by atoms with Crippen LogP contribution in [0.15, 0.2) is 23.5 Å². The van der Waals surface area contributed by atoms with Gasteiger partial charge in [-0.25, -0.2) is 4.79 Å². The summed E-state index contributed by atoms with van der Waals surface area (Å²) in [5, 5.41) is 59.9. The van der Waals surface area contributed by atoms with Gasteiger partial charge in [-0.3, -0.25) is 0 Å². The Bertz CT molecular complexity index is 659. The van der Waals surface area contributed by atoms with Crippen LogP contribution in [0.3, 0.4) is 0 Å². The van der Waals surface area contributed by atoms with Crippen LogP contribution in [-0.4, -0.2) is 99.5 Å². The molecule has 28 heavy (non-hydrogen) atoms. The number of methoxy groups -OCH3 is 1. The van der Waals surface area contributed by atoms with Crippen LogP contribution in [0.2, 0.25) is 0 Å². The maximum absolute atomic E-state index is 12.0. The minimum atomic E-state index is -1.78. The predicted molar refractivity (Wildman–Crippen MR) is 88.0 cm³/mol. The van der Waals surface area contributed by atoms with Gasteiger partial charge in [0.15, 0.2) is 6.29 Å². The molecule has 2 heterocycles. The summed E-state index contributed by atoms with van der Waals surface area (Å²) in [6.45, 7) is -1.09. The van der Waals surface area contributed by atoms with Gasteiger partial charge in [0, 0.05) is 0 Å². The lowest BCUT2D eigenvalue weighted by molar-refractivity contribution is -0.343. The largest absolute Gasteiger partial charge is 0.471 e. The van der Waals surface area contributed by atoms with Crippen LogP contribution in [0, 0.1) is 5.92 Å². The fraction of sp³-hybridized carbons (Fsp3) is 0.706. The summed E-state index contributed by atoms with van der Waals surface area (Å²) in [6.07, 6.45) is -6.39. The Hall–Kier alpha value is -1.57. The van der Waals surface area contributed by atoms with Crippen molar-refractivity contribution in [3.05, 3.63) is 23.5 Å². The van der Waals surface area contributed by atoms with Crippen LogP contribution < -0.4 is 0 Å². The standard InChI is InChI=1S/C17H24O11/c1-25-14(23)8-6-26-15(10-7(4-18)2-3-17(8,10)24)28-16-13(22)12(21)11(20)9(5-19)27-16/h2,6,9-13,15-16,18-22,24H,3-5H2,1H3/t9-,10+,11-,12+,13+,15+,16-,17+/m1/s1. The molecule has 11 heteroatoms. The molecule has 158 valence electrons. The molecule has 2 aliphatic heterocycles. The van der Waals surface area contributed by atoms with E-state index in [4.69, 9.17) is 14.2 Å². The highest BCUT2D eigenvalue weighted by Gasteiger charge is 2.57. The topological polar surface area (TPSA) is 175 Å². The van der Waals surface area contributed by atoms with Crippen LogP contribution in [-0.2, 0) is 23.7 Å². The van der Waals surface area contributed by atoms with E-state index in [0.29, 0.717) is 5.57 Å². The van der Waals surface area contributed by atoms with E-state index in [-0.39, 0.29) is 12.0 Å². The minimum absolute atomic E-state index is 0.00754. The average molecular weight is 404 g/mol. The average Bonchev–Trinajstić information content (AvgIpc) is 3.05. The molecule has 0 saturated carbocycles. The van der Waals surface area contributed by atoms with Crippen molar-refractivity contribution in [3.8, 4) is 0 Å². The van der Waals surface area contributed by atoms with E-state index in [1.807, 2.05) is 0 Å². The zero-order chi connectivity index (χ0) is 20.6. The zero-order valence-corrected chi connectivity index (χ0v) is 15.0. The second kappa shape index (κ2) is 8.05. The highest BCUT2D eigenvalue weighted by atomic mass is 16.8. The molecule has 0 unspecified atom stereocenters. The van der Waals surface area contributed by atoms with Gasteiger partial charge in [0.05, 0.1) is 32.5 Å². The van der Waals surface area contributed by atoms with Gasteiger partial charge >= 0.3 is 5.97 Å². The van der Waals surface area contributed by atoms with Crippen molar-refractivity contribution in [2.45, 2.75) is 49.0 Å². The Labute approximate surface area is 160 Å². The van der Waals surface area contributed by atoms with E-state index in [9.17, 15) is 35.4 Å². The summed E-state index contributed by atoms with van der Waals surface area (Å²) in [6, 6.07) is 0. The first-order chi connectivity index (χ1) is 13.3. The van der Waals surface area contributed by atoms with E-state index in [0.717, 1.165) is 13.4 Å². The molecule has 0 radical (unpaired) electrons. The first-order valence-corrected chi connectivity index (χ1v) is 8.71. The second-order valence-corrected chi connectivity index (χ2v) is 6.90. The van der Waals surface area contributed by atoms with E-state index < -0.39 is 67.7 Å². The monoisotopic (exact) mass is 404 g/mol. The number of fused-ring (bicyclic) bond motifs is 1. The first kappa shape index (κ1) is 21.1. The van der Waals surface area contributed by atoms with Gasteiger partial charge in [-0.2, -0.15) is 0 Å². The third kappa shape index (κ3) is 3.33. The normalized spacial score (nSPS) is 42.9. The lowest BCUT2D eigenvalue weighted by Gasteiger charge is -2.44. The predicted octanol–water partition coefficient (Wildman–Crippen LogP) is -3.11. The molecule has 1 fully saturated rings. The van der Waals surface area contributed by atoms with Crippen LogP contribution in [0.1, 0.15) is 6.42 Å². The molecule has 1 saturated heterocycles. The SMILES string of the molecule is COC(=O)C1=CO[C@@H](O[C@H]2O[C@H](CO)[C@@H](O)[C@H](O)[C@@H]2O)[C@@H]2C(CO)=CC[C@]12O. The van der Waals surface area contributed by atoms with Gasteiger partial charge in [0.2, 0.25) is 6.29 Å². The number of esters is 1. The maximum Gasteiger partial charge on any atom is 0.339 e. The van der Waals surface area contributed by atoms with Gasteiger partial charge in [0.25, 0.3) is 0 Å². The summed E-state index contributed by atoms with van der Waals surface area (Å²) < 4.78 is 20.9. The third-order valence-corrected chi connectivity index (χ3v) is 5.35. The molecule has 11 nitrogen and oxygen atoms in total. The molecule has 1 aliphatic carbocycles. The molecule has 0 spiro atoms. The van der Waals surface area contributed by atoms with Gasteiger partial charge in [-0.15, -0.1) is 0 Å². The van der Waals surface area contributed by atoms with Crippen LogP contribution in [0.5, 0.6) is 0 Å². The number of carbonyl (C=O) groups excluding carboxylic acids is 1. The molecule has 3 rings (SSSR count). The molecule has 0 aromatic rings. The van der Waals surface area contributed by atoms with Crippen molar-refractivity contribution in [1.29, 1.82) is 0 Å². The molecule has 6 N–H and O–H groups in total. The summed E-state index contributed by atoms with van der Waals surface area (Å²) >= 11 is 0. The summed E-state index contributed by atoms with van der Waals surface area (Å²) in [4.78, 5) is 12.0. The highest BCUT2D eigenvalue weighted by Crippen LogP contribution is 2.47. The van der Waals surface area contributed by atoms with Gasteiger partial charge in [0.1, 0.15) is 35.6 Å². The molecule has 0 aromatic heterocycles. The minimum Gasteiger partial charge on any atom is -0.471 e. The van der Waals surface area contributed by atoms with E-state index in [2.05, 4.69) is 4.74 Å². The van der Waals surface area contributed by atoms with E-state index in [1.165, 1.54) is 0 Å². The van der Waals surface area contributed by atoms with Gasteiger partial charge in [-0.05, 0) is 12.0 Å². The highest BCUT2D eigenvalue weighted by molar-refractivity contribution is 5.91. The molecule has 0 aromatic carbocycles. The van der Waals surface area contributed by atoms with Crippen LogP contribution in [0.25, 0.3) is 0 Å². The molecular weight excluding hydrogens is 380 g/mol. The Kier molecular flexibility index (Phi) is 6.08. The molecular formula is C17H24O11. The fourth-order valence-electron chi connectivity index (χ4n) is 3.76. The third-order valence-electron chi connectivity index (χ3n) is 5.35. The number of carbonyl (C=O) groups is 1. The fourth-order valence-corrected chi connectivity index (χ4v) is 3.76. The Morgan fingerprint density at radius 3 is 2.54 bits per heavy atom. The number of rotatable bonds is 5. The molecule has 3 aliphatic rings. The number of ether oxygens (including phenoxy) is 4. The van der Waals surface area contributed by atoms with Crippen LogP contribution in [0.4, 0.5) is 0 Å². The lowest BCUT2D eigenvalue weighted by atomic mass is 9.79. The van der Waals surface area contributed by atoms with Gasteiger partial charge in [-0.1, -0.05) is 6.08 Å². The molecule has 0 bridgehead atoms. The number of hydrogen-bond acceptors (Lipinski definition) is 11. The van der Waals surface area contributed by atoms with E-state index >= 15 is 0 Å². The zero-order valence-electron chi connectivity index (χ0n) is 15.0. The molecule has 0 amide bonds. The second-order valence-electron chi connectivity index (χ2n) is 6.90. The van der Waals surface area contributed by atoms with E-state index in [1.54, 1.807) is 6.08 Å². The number of aliphatic hydroxyl groups excluding tert-OH is 5. The number of hydrogen-bond donors (Lipinski definition) is 6. The lowest BCUT2D eigenvalue weighted by Crippen LogP contribution is -2.61. The Morgan fingerprint density at radius 2 is 1.93 bits per heavy atom.